The summed E-state index contributed by atoms with van der Waals surface area (Å²) in [6.45, 7) is 11.6. The number of piperazine rings is 1. The molecule has 7 heteroatoms. The van der Waals surface area contributed by atoms with E-state index in [9.17, 15) is 0 Å². The van der Waals surface area contributed by atoms with Crippen LogP contribution in [0.4, 0.5) is 5.69 Å². The molecular weight excluding hydrogens is 310 g/mol. The first-order chi connectivity index (χ1) is 11.0. The number of hydrogen-bond donors (Lipinski definition) is 3. The highest BCUT2D eigenvalue weighted by atomic mass is 32.1. The minimum atomic E-state index is -0.0512. The highest BCUT2D eigenvalue weighted by Crippen LogP contribution is 2.37. The molecule has 2 aliphatic rings. The Bertz CT molecular complexity index is 559. The maximum Gasteiger partial charge on any atom is 0.140 e. The number of anilines is 1. The largest absolute Gasteiger partial charge is 0.397 e. The van der Waals surface area contributed by atoms with Crippen molar-refractivity contribution in [2.45, 2.75) is 19.4 Å². The van der Waals surface area contributed by atoms with Gasteiger partial charge in [-0.1, -0.05) is 0 Å². The summed E-state index contributed by atoms with van der Waals surface area (Å²) in [5.41, 5.74) is 6.93. The average molecular weight is 337 g/mol. The van der Waals surface area contributed by atoms with Crippen LogP contribution in [0.25, 0.3) is 0 Å². The molecule has 2 aliphatic heterocycles. The molecule has 0 unspecified atom stereocenters. The number of nitrogens with one attached hydrogen (secondary N) is 2. The SMILES string of the molecule is CC(C)(c1cc(N)c(C(=N)N2CCOCC2)s1)N1CCNCC1. The number of hydrogen-bond acceptors (Lipinski definition) is 6. The van der Waals surface area contributed by atoms with Crippen LogP contribution >= 0.6 is 11.3 Å². The minimum absolute atomic E-state index is 0.0512. The topological polar surface area (TPSA) is 77.6 Å². The third-order valence-electron chi connectivity index (χ3n) is 4.81. The predicted octanol–water partition coefficient (Wildman–Crippen LogP) is 1.13. The van der Waals surface area contributed by atoms with Gasteiger partial charge in [0.05, 0.1) is 23.8 Å². The molecule has 2 fully saturated rings. The van der Waals surface area contributed by atoms with Crippen LogP contribution in [-0.2, 0) is 10.3 Å². The molecule has 0 saturated carbocycles. The summed E-state index contributed by atoms with van der Waals surface area (Å²) in [4.78, 5) is 6.69. The van der Waals surface area contributed by atoms with E-state index in [1.165, 1.54) is 4.88 Å². The molecule has 3 heterocycles. The Morgan fingerprint density at radius 2 is 1.91 bits per heavy atom. The molecule has 0 spiro atoms. The number of ether oxygens (including phenoxy) is 1. The minimum Gasteiger partial charge on any atom is -0.397 e. The first-order valence-corrected chi connectivity index (χ1v) is 9.09. The van der Waals surface area contributed by atoms with E-state index in [4.69, 9.17) is 15.9 Å². The van der Waals surface area contributed by atoms with Crippen molar-refractivity contribution < 1.29 is 4.74 Å². The molecule has 0 aliphatic carbocycles. The van der Waals surface area contributed by atoms with Crippen LogP contribution in [0.3, 0.4) is 0 Å². The highest BCUT2D eigenvalue weighted by molar-refractivity contribution is 7.14. The van der Waals surface area contributed by atoms with Crippen molar-refractivity contribution >= 4 is 22.9 Å². The molecule has 2 saturated heterocycles. The van der Waals surface area contributed by atoms with E-state index in [1.54, 1.807) is 11.3 Å². The van der Waals surface area contributed by atoms with Gasteiger partial charge in [-0.05, 0) is 19.9 Å². The molecule has 0 amide bonds. The Kier molecular flexibility index (Phi) is 4.91. The molecule has 1 aromatic rings. The normalized spacial score (nSPS) is 20.7. The summed E-state index contributed by atoms with van der Waals surface area (Å²) < 4.78 is 5.38. The van der Waals surface area contributed by atoms with Crippen molar-refractivity contribution in [1.29, 1.82) is 5.41 Å². The number of nitrogen functional groups attached to an aromatic ring is 1. The first-order valence-electron chi connectivity index (χ1n) is 8.27. The molecular formula is C16H27N5OS. The molecule has 0 atom stereocenters. The van der Waals surface area contributed by atoms with Gasteiger partial charge in [-0.15, -0.1) is 11.3 Å². The van der Waals surface area contributed by atoms with Gasteiger partial charge in [-0.2, -0.15) is 0 Å². The van der Waals surface area contributed by atoms with Gasteiger partial charge in [0, 0.05) is 49.7 Å². The third kappa shape index (κ3) is 3.38. The number of nitrogens with zero attached hydrogens (tertiary/aromatic N) is 2. The number of nitrogens with two attached hydrogens (primary N) is 1. The van der Waals surface area contributed by atoms with Crippen molar-refractivity contribution in [1.82, 2.24) is 15.1 Å². The maximum atomic E-state index is 8.50. The molecule has 0 radical (unpaired) electrons. The summed E-state index contributed by atoms with van der Waals surface area (Å²) in [6, 6.07) is 2.07. The fourth-order valence-corrected chi connectivity index (χ4v) is 4.39. The molecule has 0 bridgehead atoms. The van der Waals surface area contributed by atoms with Crippen LogP contribution in [-0.4, -0.2) is 68.1 Å². The van der Waals surface area contributed by atoms with Gasteiger partial charge < -0.3 is 20.7 Å². The zero-order valence-electron chi connectivity index (χ0n) is 14.0. The van der Waals surface area contributed by atoms with E-state index in [-0.39, 0.29) is 5.54 Å². The Morgan fingerprint density at radius 1 is 1.26 bits per heavy atom. The lowest BCUT2D eigenvalue weighted by Gasteiger charge is -2.40. The molecule has 128 valence electrons. The second-order valence-electron chi connectivity index (χ2n) is 6.64. The Balaban J connectivity index is 1.80. The lowest BCUT2D eigenvalue weighted by atomic mass is 9.99. The van der Waals surface area contributed by atoms with Crippen molar-refractivity contribution in [3.05, 3.63) is 15.8 Å². The van der Waals surface area contributed by atoms with Gasteiger partial charge in [0.1, 0.15) is 5.84 Å². The number of morpholine rings is 1. The summed E-state index contributed by atoms with van der Waals surface area (Å²) in [5.74, 6) is 0.540. The second kappa shape index (κ2) is 6.76. The number of thiophene rings is 1. The molecule has 3 rings (SSSR count). The fraction of sp³-hybridized carbons (Fsp3) is 0.688. The van der Waals surface area contributed by atoms with Crippen LogP contribution < -0.4 is 11.1 Å². The van der Waals surface area contributed by atoms with Gasteiger partial charge in [0.25, 0.3) is 0 Å². The molecule has 0 aromatic carbocycles. The Labute approximate surface area is 142 Å². The van der Waals surface area contributed by atoms with Crippen LogP contribution in [0.2, 0.25) is 0 Å². The Hall–Kier alpha value is -1.15. The number of rotatable bonds is 3. The summed E-state index contributed by atoms with van der Waals surface area (Å²) in [7, 11) is 0. The van der Waals surface area contributed by atoms with E-state index in [2.05, 4.69) is 35.0 Å². The standard InChI is InChI=1S/C16H27N5OS/c1-16(2,21-5-3-19-4-6-21)13-11-12(17)14(23-13)15(18)20-7-9-22-10-8-20/h11,18-19H,3-10,17H2,1-2H3. The van der Waals surface area contributed by atoms with Crippen molar-refractivity contribution in [3.8, 4) is 0 Å². The maximum absolute atomic E-state index is 8.50. The summed E-state index contributed by atoms with van der Waals surface area (Å²) >= 11 is 1.67. The summed E-state index contributed by atoms with van der Waals surface area (Å²) in [5, 5.41) is 11.9. The van der Waals surface area contributed by atoms with Crippen LogP contribution in [0.15, 0.2) is 6.07 Å². The monoisotopic (exact) mass is 337 g/mol. The molecule has 23 heavy (non-hydrogen) atoms. The van der Waals surface area contributed by atoms with E-state index in [0.29, 0.717) is 19.0 Å². The predicted molar refractivity (Wildman–Crippen MR) is 95.4 cm³/mol. The first kappa shape index (κ1) is 16.7. The molecule has 4 N–H and O–H groups in total. The van der Waals surface area contributed by atoms with Gasteiger partial charge in [0.2, 0.25) is 0 Å². The van der Waals surface area contributed by atoms with Gasteiger partial charge >= 0.3 is 0 Å². The van der Waals surface area contributed by atoms with Gasteiger partial charge in [-0.3, -0.25) is 10.3 Å². The smallest absolute Gasteiger partial charge is 0.140 e. The Morgan fingerprint density at radius 3 is 2.57 bits per heavy atom. The number of amidine groups is 1. The van der Waals surface area contributed by atoms with E-state index in [0.717, 1.165) is 49.8 Å². The second-order valence-corrected chi connectivity index (χ2v) is 7.69. The fourth-order valence-electron chi connectivity index (χ4n) is 3.20. The van der Waals surface area contributed by atoms with Crippen LogP contribution in [0.5, 0.6) is 0 Å². The van der Waals surface area contributed by atoms with Crippen LogP contribution in [0, 0.1) is 5.41 Å². The molecule has 1 aromatic heterocycles. The van der Waals surface area contributed by atoms with Gasteiger partial charge in [0.15, 0.2) is 0 Å². The quantitative estimate of drug-likeness (QED) is 0.569. The van der Waals surface area contributed by atoms with Crippen molar-refractivity contribution in [3.63, 3.8) is 0 Å². The molecule has 6 nitrogen and oxygen atoms in total. The third-order valence-corrected chi connectivity index (χ3v) is 6.28. The van der Waals surface area contributed by atoms with E-state index < -0.39 is 0 Å². The van der Waals surface area contributed by atoms with Gasteiger partial charge in [-0.25, -0.2) is 0 Å². The summed E-state index contributed by atoms with van der Waals surface area (Å²) in [6.07, 6.45) is 0. The van der Waals surface area contributed by atoms with Crippen LogP contribution in [0.1, 0.15) is 23.6 Å². The van der Waals surface area contributed by atoms with Crippen molar-refractivity contribution in [2.75, 3.05) is 58.2 Å². The zero-order chi connectivity index (χ0) is 16.4. The highest BCUT2D eigenvalue weighted by Gasteiger charge is 2.32. The van der Waals surface area contributed by atoms with E-state index in [1.807, 2.05) is 0 Å². The lowest BCUT2D eigenvalue weighted by molar-refractivity contribution is 0.0680. The van der Waals surface area contributed by atoms with E-state index >= 15 is 0 Å². The zero-order valence-corrected chi connectivity index (χ0v) is 14.8. The van der Waals surface area contributed by atoms with Crippen molar-refractivity contribution in [2.24, 2.45) is 0 Å². The average Bonchev–Trinajstić information content (AvgIpc) is 2.98. The lowest BCUT2D eigenvalue weighted by Crippen LogP contribution is -2.51.